The predicted octanol–water partition coefficient (Wildman–Crippen LogP) is 1.26. The Morgan fingerprint density at radius 1 is 1.17 bits per heavy atom. The van der Waals surface area contributed by atoms with Crippen molar-refractivity contribution in [2.24, 2.45) is 5.92 Å². The fraction of sp³-hybridized carbons (Fsp3) is 0.846. The number of rotatable bonds is 5. The van der Waals surface area contributed by atoms with Crippen LogP contribution in [0.2, 0.25) is 0 Å². The molecule has 0 aromatic rings. The number of esters is 2. The zero-order valence-electron chi connectivity index (χ0n) is 11.4. The summed E-state index contributed by atoms with van der Waals surface area (Å²) in [5.74, 6) is -0.438. The van der Waals surface area contributed by atoms with E-state index in [2.05, 4.69) is 5.32 Å². The molecule has 5 nitrogen and oxygen atoms in total. The van der Waals surface area contributed by atoms with Crippen LogP contribution >= 0.6 is 0 Å². The summed E-state index contributed by atoms with van der Waals surface area (Å²) in [6.07, 6.45) is 1.93. The first kappa shape index (κ1) is 15.0. The van der Waals surface area contributed by atoms with E-state index in [9.17, 15) is 9.59 Å². The van der Waals surface area contributed by atoms with Crippen molar-refractivity contribution >= 4 is 11.9 Å². The van der Waals surface area contributed by atoms with Crippen LogP contribution in [0.3, 0.4) is 0 Å². The van der Waals surface area contributed by atoms with Gasteiger partial charge in [-0.15, -0.1) is 0 Å². The molecule has 1 heterocycles. The maximum absolute atomic E-state index is 11.7. The standard InChI is InChI=1S/C13H23NO4/c1-4-17-12(15)8-10-6-7-11(9(3)14-10)13(16)18-5-2/h9-11,14H,4-8H2,1-3H3/t9-,10-,11-/m1/s1. The second-order valence-corrected chi connectivity index (χ2v) is 4.60. The summed E-state index contributed by atoms with van der Waals surface area (Å²) in [6, 6.07) is 0.141. The van der Waals surface area contributed by atoms with Gasteiger partial charge in [-0.1, -0.05) is 0 Å². The zero-order valence-corrected chi connectivity index (χ0v) is 11.4. The third-order valence-corrected chi connectivity index (χ3v) is 3.24. The molecule has 0 aromatic heterocycles. The van der Waals surface area contributed by atoms with Crippen molar-refractivity contribution in [3.8, 4) is 0 Å². The van der Waals surface area contributed by atoms with E-state index in [4.69, 9.17) is 9.47 Å². The van der Waals surface area contributed by atoms with Crippen LogP contribution in [0.15, 0.2) is 0 Å². The highest BCUT2D eigenvalue weighted by Gasteiger charge is 2.33. The van der Waals surface area contributed by atoms with Gasteiger partial charge in [0.05, 0.1) is 25.6 Å². The minimum absolute atomic E-state index is 0.0391. The Morgan fingerprint density at radius 2 is 1.83 bits per heavy atom. The molecular weight excluding hydrogens is 234 g/mol. The minimum atomic E-state index is -0.184. The van der Waals surface area contributed by atoms with Crippen LogP contribution in [0.25, 0.3) is 0 Å². The van der Waals surface area contributed by atoms with Crippen molar-refractivity contribution in [2.75, 3.05) is 13.2 Å². The van der Waals surface area contributed by atoms with Crippen LogP contribution in [-0.4, -0.2) is 37.2 Å². The minimum Gasteiger partial charge on any atom is -0.466 e. The van der Waals surface area contributed by atoms with Crippen molar-refractivity contribution in [2.45, 2.75) is 52.1 Å². The van der Waals surface area contributed by atoms with E-state index >= 15 is 0 Å². The van der Waals surface area contributed by atoms with Crippen molar-refractivity contribution in [1.82, 2.24) is 5.32 Å². The van der Waals surface area contributed by atoms with Crippen molar-refractivity contribution < 1.29 is 19.1 Å². The van der Waals surface area contributed by atoms with E-state index in [1.54, 1.807) is 6.92 Å². The molecule has 0 radical (unpaired) electrons. The van der Waals surface area contributed by atoms with Gasteiger partial charge in [-0.25, -0.2) is 0 Å². The van der Waals surface area contributed by atoms with E-state index in [0.29, 0.717) is 19.6 Å². The molecule has 0 aliphatic carbocycles. The van der Waals surface area contributed by atoms with Gasteiger partial charge in [0, 0.05) is 12.1 Å². The largest absolute Gasteiger partial charge is 0.466 e. The van der Waals surface area contributed by atoms with Crippen LogP contribution in [0.5, 0.6) is 0 Å². The Balaban J connectivity index is 2.40. The van der Waals surface area contributed by atoms with Gasteiger partial charge in [-0.2, -0.15) is 0 Å². The smallest absolute Gasteiger partial charge is 0.310 e. The van der Waals surface area contributed by atoms with Crippen LogP contribution in [0, 0.1) is 5.92 Å². The number of carbonyl (C=O) groups excluding carboxylic acids is 2. The molecule has 1 saturated heterocycles. The van der Waals surface area contributed by atoms with E-state index in [-0.39, 0.29) is 29.9 Å². The summed E-state index contributed by atoms with van der Waals surface area (Å²) >= 11 is 0. The third kappa shape index (κ3) is 4.29. The highest BCUT2D eigenvalue weighted by atomic mass is 16.5. The number of ether oxygens (including phenoxy) is 2. The second kappa shape index (κ2) is 7.36. The summed E-state index contributed by atoms with van der Waals surface area (Å²) in [7, 11) is 0. The van der Waals surface area contributed by atoms with Crippen molar-refractivity contribution in [3.63, 3.8) is 0 Å². The number of piperidine rings is 1. The molecule has 1 aliphatic heterocycles. The molecule has 0 saturated carbocycles. The van der Waals surface area contributed by atoms with Gasteiger partial charge in [0.1, 0.15) is 0 Å². The molecule has 104 valence electrons. The Bertz CT molecular complexity index is 293. The average molecular weight is 257 g/mol. The lowest BCUT2D eigenvalue weighted by atomic mass is 9.87. The molecule has 0 amide bonds. The second-order valence-electron chi connectivity index (χ2n) is 4.60. The molecule has 1 N–H and O–H groups in total. The molecule has 0 unspecified atom stereocenters. The lowest BCUT2D eigenvalue weighted by Crippen LogP contribution is -2.49. The Morgan fingerprint density at radius 3 is 2.39 bits per heavy atom. The number of carbonyl (C=O) groups is 2. The van der Waals surface area contributed by atoms with Crippen LogP contribution in [0.4, 0.5) is 0 Å². The van der Waals surface area contributed by atoms with Gasteiger partial charge >= 0.3 is 11.9 Å². The molecule has 1 fully saturated rings. The maximum Gasteiger partial charge on any atom is 0.310 e. The Kier molecular flexibility index (Phi) is 6.12. The molecule has 1 rings (SSSR count). The highest BCUT2D eigenvalue weighted by molar-refractivity contribution is 5.73. The van der Waals surface area contributed by atoms with E-state index < -0.39 is 0 Å². The van der Waals surface area contributed by atoms with Crippen molar-refractivity contribution in [1.29, 1.82) is 0 Å². The first-order chi connectivity index (χ1) is 8.58. The van der Waals surface area contributed by atoms with Gasteiger partial charge in [0.15, 0.2) is 0 Å². The molecule has 3 atom stereocenters. The maximum atomic E-state index is 11.7. The summed E-state index contributed by atoms with van der Waals surface area (Å²) in [6.45, 7) is 6.38. The molecule has 0 spiro atoms. The van der Waals surface area contributed by atoms with E-state index in [1.807, 2.05) is 13.8 Å². The third-order valence-electron chi connectivity index (χ3n) is 3.24. The molecule has 0 aromatic carbocycles. The van der Waals surface area contributed by atoms with Gasteiger partial charge in [0.25, 0.3) is 0 Å². The fourth-order valence-electron chi connectivity index (χ4n) is 2.36. The summed E-state index contributed by atoms with van der Waals surface area (Å²) in [4.78, 5) is 23.1. The molecule has 18 heavy (non-hydrogen) atoms. The van der Waals surface area contributed by atoms with Crippen LogP contribution < -0.4 is 5.32 Å². The predicted molar refractivity (Wildman–Crippen MR) is 67.0 cm³/mol. The highest BCUT2D eigenvalue weighted by Crippen LogP contribution is 2.23. The topological polar surface area (TPSA) is 64.6 Å². The first-order valence-electron chi connectivity index (χ1n) is 6.66. The lowest BCUT2D eigenvalue weighted by molar-refractivity contribution is -0.150. The molecule has 5 heteroatoms. The number of hydrogen-bond donors (Lipinski definition) is 1. The van der Waals surface area contributed by atoms with Crippen LogP contribution in [-0.2, 0) is 19.1 Å². The zero-order chi connectivity index (χ0) is 13.5. The fourth-order valence-corrected chi connectivity index (χ4v) is 2.36. The molecule has 0 bridgehead atoms. The van der Waals surface area contributed by atoms with Crippen LogP contribution in [0.1, 0.15) is 40.0 Å². The normalized spacial score (nSPS) is 27.6. The summed E-state index contributed by atoms with van der Waals surface area (Å²) < 4.78 is 9.96. The van der Waals surface area contributed by atoms with Gasteiger partial charge < -0.3 is 14.8 Å². The quantitative estimate of drug-likeness (QED) is 0.751. The number of nitrogens with one attached hydrogen (secondary N) is 1. The molecular formula is C13H23NO4. The average Bonchev–Trinajstić information content (AvgIpc) is 2.29. The first-order valence-corrected chi connectivity index (χ1v) is 6.66. The summed E-state index contributed by atoms with van der Waals surface area (Å²) in [5, 5.41) is 3.29. The Hall–Kier alpha value is -1.10. The van der Waals surface area contributed by atoms with Gasteiger partial charge in [-0.3, -0.25) is 9.59 Å². The Labute approximate surface area is 108 Å². The lowest BCUT2D eigenvalue weighted by Gasteiger charge is -2.33. The monoisotopic (exact) mass is 257 g/mol. The number of hydrogen-bond acceptors (Lipinski definition) is 5. The molecule has 1 aliphatic rings. The van der Waals surface area contributed by atoms with Gasteiger partial charge in [0.2, 0.25) is 0 Å². The van der Waals surface area contributed by atoms with Gasteiger partial charge in [-0.05, 0) is 33.6 Å². The summed E-state index contributed by atoms with van der Waals surface area (Å²) in [5.41, 5.74) is 0. The van der Waals surface area contributed by atoms with E-state index in [0.717, 1.165) is 12.8 Å². The van der Waals surface area contributed by atoms with Crippen molar-refractivity contribution in [3.05, 3.63) is 0 Å². The SMILES string of the molecule is CCOC(=O)C[C@H]1CC[C@@H](C(=O)OCC)[C@@H](C)N1. The van der Waals surface area contributed by atoms with E-state index in [1.165, 1.54) is 0 Å².